The van der Waals surface area contributed by atoms with Gasteiger partial charge in [-0.2, -0.15) is 0 Å². The quantitative estimate of drug-likeness (QED) is 0.0850. The van der Waals surface area contributed by atoms with E-state index in [2.05, 4.69) is 17.0 Å². The molecule has 0 fully saturated rings. The molecule has 8 heteroatoms. The van der Waals surface area contributed by atoms with Gasteiger partial charge in [0, 0.05) is 32.0 Å². The number of ether oxygens (including phenoxy) is 2. The molecule has 0 radical (unpaired) electrons. The van der Waals surface area contributed by atoms with Crippen LogP contribution in [0.5, 0.6) is 0 Å². The summed E-state index contributed by atoms with van der Waals surface area (Å²) in [6.45, 7) is 3.23. The summed E-state index contributed by atoms with van der Waals surface area (Å²) in [5.41, 5.74) is 4.05. The summed E-state index contributed by atoms with van der Waals surface area (Å²) in [7, 11) is 0.357. The number of carbonyl (C=O) groups is 2. The average Bonchev–Trinajstić information content (AvgIpc) is 2.98. The Labute approximate surface area is 243 Å². The maximum Gasteiger partial charge on any atom is 0.338 e. The van der Waals surface area contributed by atoms with Gasteiger partial charge in [0.1, 0.15) is 0 Å². The standard InChI is InChI=1S/C33H39NO6S/c1-26(35)29-14-16-30(17-15-29)33(36)40-23-6-4-5-7-25-41(37,38)32-20-12-28(13-21-32)9-8-27-10-18-31(19-11-27)34(2)22-24-39-3/h8-21H,4-7,22-25H2,1-3H3/b9-8+. The smallest absolute Gasteiger partial charge is 0.338 e. The molecule has 0 spiro atoms. The molecule has 0 aliphatic rings. The Morgan fingerprint density at radius 1 is 0.756 bits per heavy atom. The van der Waals surface area contributed by atoms with Crippen molar-refractivity contribution in [2.24, 2.45) is 0 Å². The Kier molecular flexibility index (Phi) is 12.3. The van der Waals surface area contributed by atoms with Crippen LogP contribution in [0.2, 0.25) is 0 Å². The van der Waals surface area contributed by atoms with Crippen LogP contribution in [-0.4, -0.2) is 59.8 Å². The molecule has 0 unspecified atom stereocenters. The van der Waals surface area contributed by atoms with Crippen molar-refractivity contribution >= 4 is 39.4 Å². The Bertz CT molecular complexity index is 1400. The minimum atomic E-state index is -3.36. The number of unbranched alkanes of at least 4 members (excludes halogenated alkanes) is 3. The van der Waals surface area contributed by atoms with E-state index in [1.807, 2.05) is 43.5 Å². The third kappa shape index (κ3) is 10.3. The SMILES string of the molecule is COCCN(C)c1ccc(/C=C/c2ccc(S(=O)(=O)CCCCCCOC(=O)c3ccc(C(C)=O)cc3)cc2)cc1. The van der Waals surface area contributed by atoms with Crippen LogP contribution in [0.25, 0.3) is 12.2 Å². The summed E-state index contributed by atoms with van der Waals surface area (Å²) in [5.74, 6) is -0.409. The number of carbonyl (C=O) groups excluding carboxylic acids is 2. The van der Waals surface area contributed by atoms with Crippen LogP contribution < -0.4 is 4.90 Å². The lowest BCUT2D eigenvalue weighted by molar-refractivity contribution is 0.0497. The number of likely N-dealkylation sites (N-methyl/N-ethyl adjacent to an activating group) is 1. The molecule has 3 rings (SSSR count). The summed E-state index contributed by atoms with van der Waals surface area (Å²) in [6.07, 6.45) is 6.66. The van der Waals surface area contributed by atoms with Crippen molar-refractivity contribution in [3.05, 3.63) is 95.1 Å². The van der Waals surface area contributed by atoms with Gasteiger partial charge in [-0.25, -0.2) is 13.2 Å². The number of esters is 1. The van der Waals surface area contributed by atoms with Crippen molar-refractivity contribution in [2.75, 3.05) is 44.6 Å². The maximum atomic E-state index is 12.8. The largest absolute Gasteiger partial charge is 0.462 e. The third-order valence-corrected chi connectivity index (χ3v) is 8.56. The third-order valence-electron chi connectivity index (χ3n) is 6.74. The molecular formula is C33H39NO6S. The molecule has 0 aliphatic heterocycles. The van der Waals surface area contributed by atoms with Gasteiger partial charge in [0.25, 0.3) is 0 Å². The molecule has 3 aromatic rings. The van der Waals surface area contributed by atoms with Gasteiger partial charge in [0.05, 0.1) is 29.4 Å². The summed E-state index contributed by atoms with van der Waals surface area (Å²) in [4.78, 5) is 25.9. The fourth-order valence-corrected chi connectivity index (χ4v) is 5.50. The number of ketones is 1. The number of hydrogen-bond acceptors (Lipinski definition) is 7. The first-order valence-electron chi connectivity index (χ1n) is 13.8. The fraction of sp³-hybridized carbons (Fsp3) is 0.333. The second-order valence-electron chi connectivity index (χ2n) is 9.91. The molecular weight excluding hydrogens is 538 g/mol. The van der Waals surface area contributed by atoms with Crippen LogP contribution in [0.4, 0.5) is 5.69 Å². The lowest BCUT2D eigenvalue weighted by Gasteiger charge is -2.18. The molecule has 0 amide bonds. The van der Waals surface area contributed by atoms with Crippen molar-refractivity contribution in [3.8, 4) is 0 Å². The number of nitrogens with zero attached hydrogens (tertiary/aromatic N) is 1. The summed E-state index contributed by atoms with van der Waals surface area (Å²) < 4.78 is 35.9. The van der Waals surface area contributed by atoms with Crippen LogP contribution in [0.1, 0.15) is 64.4 Å². The van der Waals surface area contributed by atoms with Crippen molar-refractivity contribution in [1.29, 1.82) is 0 Å². The van der Waals surface area contributed by atoms with Gasteiger partial charge in [-0.1, -0.05) is 61.4 Å². The number of hydrogen-bond donors (Lipinski definition) is 0. The predicted molar refractivity (Wildman–Crippen MR) is 164 cm³/mol. The van der Waals surface area contributed by atoms with Crippen molar-refractivity contribution in [2.45, 2.75) is 37.5 Å². The molecule has 0 N–H and O–H groups in total. The van der Waals surface area contributed by atoms with Gasteiger partial charge in [-0.05, 0) is 67.3 Å². The first-order chi connectivity index (χ1) is 19.7. The molecule has 0 saturated carbocycles. The molecule has 218 valence electrons. The Morgan fingerprint density at radius 3 is 1.90 bits per heavy atom. The van der Waals surface area contributed by atoms with E-state index >= 15 is 0 Å². The van der Waals surface area contributed by atoms with Gasteiger partial charge >= 0.3 is 5.97 Å². The van der Waals surface area contributed by atoms with Crippen molar-refractivity contribution < 1.29 is 27.5 Å². The number of sulfone groups is 1. The molecule has 0 aliphatic carbocycles. The van der Waals surface area contributed by atoms with Crippen molar-refractivity contribution in [3.63, 3.8) is 0 Å². The number of Topliss-reactive ketones (excluding diaryl/α,β-unsaturated/α-hetero) is 1. The summed E-state index contributed by atoms with van der Waals surface area (Å²) in [5, 5.41) is 0. The lowest BCUT2D eigenvalue weighted by Crippen LogP contribution is -2.21. The lowest BCUT2D eigenvalue weighted by atomic mass is 10.1. The van der Waals surface area contributed by atoms with Gasteiger partial charge in [0.15, 0.2) is 15.6 Å². The van der Waals surface area contributed by atoms with Gasteiger partial charge < -0.3 is 14.4 Å². The second kappa shape index (κ2) is 15.9. The number of rotatable bonds is 16. The van der Waals surface area contributed by atoms with E-state index in [1.54, 1.807) is 43.5 Å². The fourth-order valence-electron chi connectivity index (χ4n) is 4.13. The van der Waals surface area contributed by atoms with Gasteiger partial charge in [-0.15, -0.1) is 0 Å². The van der Waals surface area contributed by atoms with E-state index in [0.717, 1.165) is 36.2 Å². The highest BCUT2D eigenvalue weighted by Gasteiger charge is 2.14. The molecule has 41 heavy (non-hydrogen) atoms. The zero-order valence-corrected chi connectivity index (χ0v) is 24.9. The highest BCUT2D eigenvalue weighted by Crippen LogP contribution is 2.18. The molecule has 3 aromatic carbocycles. The number of benzene rings is 3. The zero-order valence-electron chi connectivity index (χ0n) is 24.0. The number of anilines is 1. The Morgan fingerprint density at radius 2 is 1.32 bits per heavy atom. The van der Waals surface area contributed by atoms with Crippen LogP contribution in [0, 0.1) is 0 Å². The summed E-state index contributed by atoms with van der Waals surface area (Å²) >= 11 is 0. The van der Waals surface area contributed by atoms with E-state index in [9.17, 15) is 18.0 Å². The first kappa shape index (κ1) is 31.8. The topological polar surface area (TPSA) is 90.0 Å². The van der Waals surface area contributed by atoms with Gasteiger partial charge in [-0.3, -0.25) is 4.79 Å². The predicted octanol–water partition coefficient (Wildman–Crippen LogP) is 6.33. The van der Waals surface area contributed by atoms with E-state index in [-0.39, 0.29) is 18.1 Å². The molecule has 0 atom stereocenters. The second-order valence-corrected chi connectivity index (χ2v) is 12.0. The summed E-state index contributed by atoms with van der Waals surface area (Å²) in [6, 6.07) is 21.5. The zero-order chi connectivity index (χ0) is 29.7. The van der Waals surface area contributed by atoms with Crippen LogP contribution in [-0.2, 0) is 19.3 Å². The average molecular weight is 578 g/mol. The van der Waals surface area contributed by atoms with E-state index in [1.165, 1.54) is 6.92 Å². The van der Waals surface area contributed by atoms with Crippen molar-refractivity contribution in [1.82, 2.24) is 0 Å². The highest BCUT2D eigenvalue weighted by molar-refractivity contribution is 7.91. The molecule has 7 nitrogen and oxygen atoms in total. The van der Waals surface area contributed by atoms with E-state index in [0.29, 0.717) is 35.5 Å². The minimum Gasteiger partial charge on any atom is -0.462 e. The molecule has 0 heterocycles. The molecule has 0 saturated heterocycles. The molecule has 0 aromatic heterocycles. The van der Waals surface area contributed by atoms with E-state index in [4.69, 9.17) is 9.47 Å². The molecule has 0 bridgehead atoms. The Hall–Kier alpha value is -3.75. The highest BCUT2D eigenvalue weighted by atomic mass is 32.2. The normalized spacial score (nSPS) is 11.5. The van der Waals surface area contributed by atoms with Crippen LogP contribution in [0.3, 0.4) is 0 Å². The monoisotopic (exact) mass is 577 g/mol. The van der Waals surface area contributed by atoms with E-state index < -0.39 is 15.8 Å². The van der Waals surface area contributed by atoms with Crippen LogP contribution in [0.15, 0.2) is 77.7 Å². The van der Waals surface area contributed by atoms with Gasteiger partial charge in [0.2, 0.25) is 0 Å². The minimum absolute atomic E-state index is 0.0583. The maximum absolute atomic E-state index is 12.8. The first-order valence-corrected chi connectivity index (χ1v) is 15.4. The van der Waals surface area contributed by atoms with Crippen LogP contribution >= 0.6 is 0 Å². The number of methoxy groups -OCH3 is 1. The Balaban J connectivity index is 1.37.